The lowest BCUT2D eigenvalue weighted by atomic mass is 9.97. The van der Waals surface area contributed by atoms with Crippen LogP contribution in [-0.2, 0) is 9.59 Å². The minimum atomic E-state index is -0.736. The van der Waals surface area contributed by atoms with E-state index in [0.717, 1.165) is 19.3 Å². The number of unbranched alkanes of at least 4 members (excludes halogenated alkanes) is 2. The molecule has 5 nitrogen and oxygen atoms in total. The molecule has 0 bridgehead atoms. The van der Waals surface area contributed by atoms with Crippen molar-refractivity contribution in [1.29, 1.82) is 0 Å². The molecular weight excluding hydrogens is 220 g/mol. The normalized spacial score (nSPS) is 17.1. The first-order valence-corrected chi connectivity index (χ1v) is 6.35. The van der Waals surface area contributed by atoms with Gasteiger partial charge in [-0.1, -0.05) is 6.42 Å². The average molecular weight is 242 g/mol. The smallest absolute Gasteiger partial charge is 0.306 e. The highest BCUT2D eigenvalue weighted by molar-refractivity contribution is 5.77. The molecule has 1 aliphatic heterocycles. The number of nitrogens with zero attached hydrogens (tertiary/aromatic N) is 1. The molecular formula is C12H22N2O3. The number of hydrogen-bond acceptors (Lipinski definition) is 3. The molecule has 0 spiro atoms. The van der Waals surface area contributed by atoms with Crippen LogP contribution in [0.4, 0.5) is 0 Å². The number of aliphatic carboxylic acids is 1. The van der Waals surface area contributed by atoms with E-state index < -0.39 is 5.97 Å². The number of hydrogen-bond donors (Lipinski definition) is 2. The fraction of sp³-hybridized carbons (Fsp3) is 0.833. The number of nitrogens with two attached hydrogens (primary N) is 1. The number of carboxylic acid groups (broad SMARTS) is 1. The Balaban J connectivity index is 2.19. The van der Waals surface area contributed by atoms with E-state index in [1.165, 1.54) is 0 Å². The molecule has 1 saturated heterocycles. The van der Waals surface area contributed by atoms with E-state index in [1.54, 1.807) is 4.90 Å². The summed E-state index contributed by atoms with van der Waals surface area (Å²) >= 11 is 0. The molecule has 0 aromatic heterocycles. The standard InChI is InChI=1S/C12H22N2O3/c13-7-3-1-2-4-11(15)14-8-5-10(6-9-14)12(16)17/h10H,1-9,13H2,(H,16,17). The van der Waals surface area contributed by atoms with Gasteiger partial charge in [0.2, 0.25) is 5.91 Å². The van der Waals surface area contributed by atoms with E-state index in [1.807, 2.05) is 0 Å². The second-order valence-corrected chi connectivity index (χ2v) is 4.59. The Morgan fingerprint density at radius 2 is 1.82 bits per heavy atom. The first kappa shape index (κ1) is 14.0. The predicted molar refractivity (Wildman–Crippen MR) is 64.5 cm³/mol. The lowest BCUT2D eigenvalue weighted by Gasteiger charge is -2.30. The van der Waals surface area contributed by atoms with Crippen molar-refractivity contribution < 1.29 is 14.7 Å². The number of carbonyl (C=O) groups excluding carboxylic acids is 1. The molecule has 1 amide bonds. The topological polar surface area (TPSA) is 83.6 Å². The zero-order chi connectivity index (χ0) is 12.7. The zero-order valence-electron chi connectivity index (χ0n) is 10.2. The van der Waals surface area contributed by atoms with Gasteiger partial charge in [-0.15, -0.1) is 0 Å². The van der Waals surface area contributed by atoms with Gasteiger partial charge in [0, 0.05) is 19.5 Å². The lowest BCUT2D eigenvalue weighted by Crippen LogP contribution is -2.40. The number of likely N-dealkylation sites (tertiary alicyclic amines) is 1. The molecule has 0 aliphatic carbocycles. The van der Waals surface area contributed by atoms with Crippen molar-refractivity contribution in [2.75, 3.05) is 19.6 Å². The Labute approximate surface area is 102 Å². The Bertz CT molecular complexity index is 260. The fourth-order valence-electron chi connectivity index (χ4n) is 2.13. The summed E-state index contributed by atoms with van der Waals surface area (Å²) in [4.78, 5) is 24.3. The van der Waals surface area contributed by atoms with Gasteiger partial charge in [0.1, 0.15) is 0 Å². The summed E-state index contributed by atoms with van der Waals surface area (Å²) in [5.74, 6) is -0.845. The van der Waals surface area contributed by atoms with Crippen LogP contribution in [0.15, 0.2) is 0 Å². The summed E-state index contributed by atoms with van der Waals surface area (Å²) in [5.41, 5.74) is 5.38. The molecule has 5 heteroatoms. The molecule has 1 aliphatic rings. The molecule has 1 heterocycles. The van der Waals surface area contributed by atoms with E-state index in [9.17, 15) is 9.59 Å². The Morgan fingerprint density at radius 3 is 2.35 bits per heavy atom. The van der Waals surface area contributed by atoms with E-state index in [2.05, 4.69) is 0 Å². The third-order valence-corrected chi connectivity index (χ3v) is 3.29. The molecule has 1 fully saturated rings. The van der Waals surface area contributed by atoms with Gasteiger partial charge in [-0.3, -0.25) is 9.59 Å². The van der Waals surface area contributed by atoms with Crippen molar-refractivity contribution in [2.45, 2.75) is 38.5 Å². The predicted octanol–water partition coefficient (Wildman–Crippen LogP) is 0.829. The van der Waals surface area contributed by atoms with Gasteiger partial charge in [-0.05, 0) is 32.2 Å². The largest absolute Gasteiger partial charge is 0.481 e. The molecule has 0 radical (unpaired) electrons. The van der Waals surface area contributed by atoms with Crippen molar-refractivity contribution in [3.05, 3.63) is 0 Å². The van der Waals surface area contributed by atoms with Crippen molar-refractivity contribution >= 4 is 11.9 Å². The van der Waals surface area contributed by atoms with Crippen LogP contribution in [0.5, 0.6) is 0 Å². The molecule has 98 valence electrons. The van der Waals surface area contributed by atoms with Crippen LogP contribution in [0.1, 0.15) is 38.5 Å². The molecule has 0 aromatic rings. The monoisotopic (exact) mass is 242 g/mol. The van der Waals surface area contributed by atoms with Gasteiger partial charge >= 0.3 is 5.97 Å². The minimum absolute atomic E-state index is 0.158. The van der Waals surface area contributed by atoms with Gasteiger partial charge in [0.05, 0.1) is 5.92 Å². The maximum atomic E-state index is 11.8. The van der Waals surface area contributed by atoms with Crippen molar-refractivity contribution in [3.63, 3.8) is 0 Å². The summed E-state index contributed by atoms with van der Waals surface area (Å²) < 4.78 is 0. The third kappa shape index (κ3) is 4.73. The van der Waals surface area contributed by atoms with E-state index in [0.29, 0.717) is 38.9 Å². The second-order valence-electron chi connectivity index (χ2n) is 4.59. The quantitative estimate of drug-likeness (QED) is 0.676. The highest BCUT2D eigenvalue weighted by Crippen LogP contribution is 2.18. The van der Waals surface area contributed by atoms with Gasteiger partial charge < -0.3 is 15.7 Å². The average Bonchev–Trinajstić information content (AvgIpc) is 2.34. The number of amides is 1. The van der Waals surface area contributed by atoms with Crippen LogP contribution < -0.4 is 5.73 Å². The Hall–Kier alpha value is -1.10. The first-order chi connectivity index (χ1) is 8.15. The fourth-order valence-corrected chi connectivity index (χ4v) is 2.13. The third-order valence-electron chi connectivity index (χ3n) is 3.29. The minimum Gasteiger partial charge on any atom is -0.481 e. The summed E-state index contributed by atoms with van der Waals surface area (Å²) in [5, 5.41) is 8.85. The van der Waals surface area contributed by atoms with E-state index in [4.69, 9.17) is 10.8 Å². The molecule has 3 N–H and O–H groups in total. The summed E-state index contributed by atoms with van der Waals surface area (Å²) in [6.07, 6.45) is 4.59. The van der Waals surface area contributed by atoms with Crippen molar-refractivity contribution in [3.8, 4) is 0 Å². The second kappa shape index (κ2) is 7.27. The summed E-state index contributed by atoms with van der Waals surface area (Å²) in [7, 11) is 0. The molecule has 17 heavy (non-hydrogen) atoms. The molecule has 1 rings (SSSR count). The summed E-state index contributed by atoms with van der Waals surface area (Å²) in [6, 6.07) is 0. The SMILES string of the molecule is NCCCCCC(=O)N1CCC(C(=O)O)CC1. The molecule has 0 unspecified atom stereocenters. The lowest BCUT2D eigenvalue weighted by molar-refractivity contribution is -0.145. The summed E-state index contributed by atoms with van der Waals surface area (Å²) in [6.45, 7) is 1.86. The van der Waals surface area contributed by atoms with Crippen LogP contribution in [0.2, 0.25) is 0 Å². The zero-order valence-corrected chi connectivity index (χ0v) is 10.2. The van der Waals surface area contributed by atoms with Gasteiger partial charge in [-0.2, -0.15) is 0 Å². The number of piperidine rings is 1. The van der Waals surface area contributed by atoms with Gasteiger partial charge in [0.25, 0.3) is 0 Å². The highest BCUT2D eigenvalue weighted by atomic mass is 16.4. The van der Waals surface area contributed by atoms with E-state index in [-0.39, 0.29) is 11.8 Å². The van der Waals surface area contributed by atoms with Gasteiger partial charge in [0.15, 0.2) is 0 Å². The molecule has 0 aromatic carbocycles. The van der Waals surface area contributed by atoms with Crippen LogP contribution >= 0.6 is 0 Å². The van der Waals surface area contributed by atoms with Crippen LogP contribution in [0, 0.1) is 5.92 Å². The van der Waals surface area contributed by atoms with Crippen LogP contribution in [-0.4, -0.2) is 41.5 Å². The Kier molecular flexibility index (Phi) is 5.97. The molecule has 0 saturated carbocycles. The van der Waals surface area contributed by atoms with Crippen LogP contribution in [0.25, 0.3) is 0 Å². The van der Waals surface area contributed by atoms with Crippen molar-refractivity contribution in [2.24, 2.45) is 11.7 Å². The highest BCUT2D eigenvalue weighted by Gasteiger charge is 2.26. The first-order valence-electron chi connectivity index (χ1n) is 6.35. The number of carbonyl (C=O) groups is 2. The maximum Gasteiger partial charge on any atom is 0.306 e. The maximum absolute atomic E-state index is 11.8. The van der Waals surface area contributed by atoms with E-state index >= 15 is 0 Å². The molecule has 0 atom stereocenters. The number of rotatable bonds is 6. The Morgan fingerprint density at radius 1 is 1.18 bits per heavy atom. The van der Waals surface area contributed by atoms with Crippen LogP contribution in [0.3, 0.4) is 0 Å². The van der Waals surface area contributed by atoms with Crippen molar-refractivity contribution in [1.82, 2.24) is 4.90 Å². The van der Waals surface area contributed by atoms with Gasteiger partial charge in [-0.25, -0.2) is 0 Å². The number of carboxylic acids is 1.